The molecule has 2 aliphatic rings. The van der Waals surface area contributed by atoms with Crippen molar-refractivity contribution in [3.05, 3.63) is 48.0 Å². The summed E-state index contributed by atoms with van der Waals surface area (Å²) in [5.74, 6) is 2.23. The lowest BCUT2D eigenvalue weighted by Gasteiger charge is -2.23. The summed E-state index contributed by atoms with van der Waals surface area (Å²) in [6.45, 7) is 3.87. The maximum atomic E-state index is 13.1. The fourth-order valence-electron chi connectivity index (χ4n) is 4.08. The number of amides is 1. The number of rotatable bonds is 10. The zero-order chi connectivity index (χ0) is 23.0. The standard InChI is InChI=1S/C25H32N2O6/c1-30-19-5-7-20(8-6-19)33-23(17-18-4-9-21-22(16-18)32-15-14-31-21)25(29)26-24(28)10-13-27-11-2-3-12-27/h4-9,16,23-24,28H,2-3,10-15,17H2,1H3,(H,26,29). The second kappa shape index (κ2) is 11.2. The van der Waals surface area contributed by atoms with Crippen molar-refractivity contribution in [2.24, 2.45) is 0 Å². The fourth-order valence-corrected chi connectivity index (χ4v) is 4.08. The number of nitrogens with zero attached hydrogens (tertiary/aromatic N) is 1. The Kier molecular flexibility index (Phi) is 7.91. The summed E-state index contributed by atoms with van der Waals surface area (Å²) in [6.07, 6.45) is 1.41. The largest absolute Gasteiger partial charge is 0.497 e. The Morgan fingerprint density at radius 1 is 1.06 bits per heavy atom. The summed E-state index contributed by atoms with van der Waals surface area (Å²) >= 11 is 0. The Morgan fingerprint density at radius 3 is 2.48 bits per heavy atom. The van der Waals surface area contributed by atoms with Gasteiger partial charge in [-0.1, -0.05) is 6.07 Å². The molecule has 2 aromatic carbocycles. The number of hydrogen-bond acceptors (Lipinski definition) is 7. The number of likely N-dealkylation sites (tertiary alicyclic amines) is 1. The summed E-state index contributed by atoms with van der Waals surface area (Å²) in [5, 5.41) is 13.1. The smallest absolute Gasteiger partial charge is 0.263 e. The van der Waals surface area contributed by atoms with Crippen LogP contribution < -0.4 is 24.3 Å². The summed E-state index contributed by atoms with van der Waals surface area (Å²) in [6, 6.07) is 12.7. The molecule has 0 aliphatic carbocycles. The van der Waals surface area contributed by atoms with Gasteiger partial charge in [0.1, 0.15) is 30.9 Å². The first kappa shape index (κ1) is 23.2. The van der Waals surface area contributed by atoms with Gasteiger partial charge >= 0.3 is 0 Å². The molecule has 0 bridgehead atoms. The molecule has 0 aromatic heterocycles. The van der Waals surface area contributed by atoms with E-state index in [1.54, 1.807) is 31.4 Å². The highest BCUT2D eigenvalue weighted by Gasteiger charge is 2.25. The van der Waals surface area contributed by atoms with Gasteiger partial charge in [-0.15, -0.1) is 0 Å². The molecule has 2 unspecified atom stereocenters. The molecule has 2 aliphatic heterocycles. The van der Waals surface area contributed by atoms with Crippen LogP contribution in [0.5, 0.6) is 23.0 Å². The summed E-state index contributed by atoms with van der Waals surface area (Å²) in [4.78, 5) is 15.4. The number of fused-ring (bicyclic) bond motifs is 1. The van der Waals surface area contributed by atoms with Crippen LogP contribution >= 0.6 is 0 Å². The van der Waals surface area contributed by atoms with Crippen molar-refractivity contribution in [3.63, 3.8) is 0 Å². The van der Waals surface area contributed by atoms with Crippen molar-refractivity contribution in [2.45, 2.75) is 38.0 Å². The molecule has 1 fully saturated rings. The third kappa shape index (κ3) is 6.52. The van der Waals surface area contributed by atoms with E-state index >= 15 is 0 Å². The average Bonchev–Trinajstić information content (AvgIpc) is 3.36. The molecule has 33 heavy (non-hydrogen) atoms. The van der Waals surface area contributed by atoms with Crippen molar-refractivity contribution in [3.8, 4) is 23.0 Å². The van der Waals surface area contributed by atoms with E-state index in [0.717, 1.165) is 25.2 Å². The van der Waals surface area contributed by atoms with Gasteiger partial charge in [0.25, 0.3) is 5.91 Å². The van der Waals surface area contributed by atoms with Gasteiger partial charge in [-0.3, -0.25) is 4.79 Å². The molecular weight excluding hydrogens is 424 g/mol. The van der Waals surface area contributed by atoms with Gasteiger partial charge < -0.3 is 34.3 Å². The van der Waals surface area contributed by atoms with Crippen molar-refractivity contribution in [2.75, 3.05) is 40.0 Å². The molecule has 1 amide bonds. The molecule has 2 aromatic rings. The van der Waals surface area contributed by atoms with Crippen molar-refractivity contribution in [1.82, 2.24) is 10.2 Å². The molecule has 0 radical (unpaired) electrons. The number of aliphatic hydroxyl groups is 1. The predicted octanol–water partition coefficient (Wildman–Crippen LogP) is 2.38. The molecule has 4 rings (SSSR count). The minimum Gasteiger partial charge on any atom is -0.497 e. The Morgan fingerprint density at radius 2 is 1.76 bits per heavy atom. The summed E-state index contributed by atoms with van der Waals surface area (Å²) < 4.78 is 22.5. The first-order valence-corrected chi connectivity index (χ1v) is 11.5. The highest BCUT2D eigenvalue weighted by atomic mass is 16.6. The van der Waals surface area contributed by atoms with Gasteiger partial charge in [0.05, 0.1) is 7.11 Å². The van der Waals surface area contributed by atoms with Crippen molar-refractivity contribution < 1.29 is 28.8 Å². The second-order valence-electron chi connectivity index (χ2n) is 8.33. The zero-order valence-electron chi connectivity index (χ0n) is 19.0. The van der Waals surface area contributed by atoms with Gasteiger partial charge in [0.2, 0.25) is 0 Å². The minimum atomic E-state index is -0.930. The van der Waals surface area contributed by atoms with Gasteiger partial charge in [0.15, 0.2) is 17.6 Å². The first-order valence-electron chi connectivity index (χ1n) is 11.5. The van der Waals surface area contributed by atoms with Crippen LogP contribution in [0.3, 0.4) is 0 Å². The normalized spacial score (nSPS) is 17.3. The van der Waals surface area contributed by atoms with Gasteiger partial charge in [-0.2, -0.15) is 0 Å². The molecule has 2 N–H and O–H groups in total. The maximum Gasteiger partial charge on any atom is 0.263 e. The third-order valence-corrected chi connectivity index (χ3v) is 5.88. The van der Waals surface area contributed by atoms with Crippen LogP contribution in [0.1, 0.15) is 24.8 Å². The van der Waals surface area contributed by atoms with Crippen molar-refractivity contribution >= 4 is 5.91 Å². The predicted molar refractivity (Wildman–Crippen MR) is 123 cm³/mol. The van der Waals surface area contributed by atoms with Crippen LogP contribution in [-0.2, 0) is 11.2 Å². The molecule has 2 atom stereocenters. The quantitative estimate of drug-likeness (QED) is 0.531. The Labute approximate surface area is 194 Å². The lowest BCUT2D eigenvalue weighted by molar-refractivity contribution is -0.131. The SMILES string of the molecule is COc1ccc(OC(Cc2ccc3c(c2)OCCO3)C(=O)NC(O)CCN2CCCC2)cc1. The first-order chi connectivity index (χ1) is 16.1. The van der Waals surface area contributed by atoms with E-state index in [9.17, 15) is 9.90 Å². The van der Waals surface area contributed by atoms with E-state index in [-0.39, 0.29) is 5.91 Å². The number of benzene rings is 2. The Bertz CT molecular complexity index is 914. The minimum absolute atomic E-state index is 0.313. The van der Waals surface area contributed by atoms with E-state index in [4.69, 9.17) is 18.9 Å². The Balaban J connectivity index is 1.43. The molecule has 0 saturated carbocycles. The van der Waals surface area contributed by atoms with E-state index < -0.39 is 12.3 Å². The summed E-state index contributed by atoms with van der Waals surface area (Å²) in [5.41, 5.74) is 0.875. The second-order valence-corrected chi connectivity index (χ2v) is 8.33. The van der Waals surface area contributed by atoms with Gasteiger partial charge in [-0.05, 0) is 67.9 Å². The van der Waals surface area contributed by atoms with E-state index in [0.29, 0.717) is 49.1 Å². The van der Waals surface area contributed by atoms with Gasteiger partial charge in [-0.25, -0.2) is 0 Å². The molecule has 1 saturated heterocycles. The summed E-state index contributed by atoms with van der Waals surface area (Å²) in [7, 11) is 1.59. The van der Waals surface area contributed by atoms with E-state index in [1.807, 2.05) is 18.2 Å². The number of methoxy groups -OCH3 is 1. The van der Waals surface area contributed by atoms with Gasteiger partial charge in [0, 0.05) is 19.4 Å². The zero-order valence-corrected chi connectivity index (χ0v) is 19.0. The highest BCUT2D eigenvalue weighted by molar-refractivity contribution is 5.81. The van der Waals surface area contributed by atoms with E-state index in [2.05, 4.69) is 10.2 Å². The van der Waals surface area contributed by atoms with E-state index in [1.165, 1.54) is 12.8 Å². The molecule has 8 heteroatoms. The average molecular weight is 457 g/mol. The Hall–Kier alpha value is -2.97. The van der Waals surface area contributed by atoms with Crippen LogP contribution in [0.25, 0.3) is 0 Å². The fraction of sp³-hybridized carbons (Fsp3) is 0.480. The molecule has 2 heterocycles. The number of ether oxygens (including phenoxy) is 4. The number of hydrogen-bond donors (Lipinski definition) is 2. The highest BCUT2D eigenvalue weighted by Crippen LogP contribution is 2.31. The molecular formula is C25H32N2O6. The number of aliphatic hydroxyl groups excluding tert-OH is 1. The number of carbonyl (C=O) groups is 1. The van der Waals surface area contributed by atoms with Crippen LogP contribution in [0.4, 0.5) is 0 Å². The topological polar surface area (TPSA) is 89.5 Å². The number of nitrogens with one attached hydrogen (secondary N) is 1. The molecule has 178 valence electrons. The lowest BCUT2D eigenvalue weighted by Crippen LogP contribution is -2.45. The molecule has 8 nitrogen and oxygen atoms in total. The van der Waals surface area contributed by atoms with Crippen molar-refractivity contribution in [1.29, 1.82) is 0 Å². The van der Waals surface area contributed by atoms with Crippen LogP contribution in [0.15, 0.2) is 42.5 Å². The third-order valence-electron chi connectivity index (χ3n) is 5.88. The monoisotopic (exact) mass is 456 g/mol. The molecule has 0 spiro atoms. The maximum absolute atomic E-state index is 13.1. The van der Waals surface area contributed by atoms with Crippen LogP contribution in [0.2, 0.25) is 0 Å². The lowest BCUT2D eigenvalue weighted by atomic mass is 10.1. The van der Waals surface area contributed by atoms with Crippen LogP contribution in [-0.4, -0.2) is 68.2 Å². The number of carbonyl (C=O) groups excluding carboxylic acids is 1. The van der Waals surface area contributed by atoms with Crippen LogP contribution in [0, 0.1) is 0 Å².